The number of piperidine rings is 1. The van der Waals surface area contributed by atoms with Crippen molar-refractivity contribution < 1.29 is 19.1 Å². The summed E-state index contributed by atoms with van der Waals surface area (Å²) in [7, 11) is 0. The molecule has 0 aromatic heterocycles. The van der Waals surface area contributed by atoms with Crippen LogP contribution in [0.3, 0.4) is 0 Å². The van der Waals surface area contributed by atoms with E-state index in [4.69, 9.17) is 9.47 Å². The smallest absolute Gasteiger partial charge is 0.254 e. The summed E-state index contributed by atoms with van der Waals surface area (Å²) in [5.41, 5.74) is 1.29. The third-order valence-electron chi connectivity index (χ3n) is 6.12. The van der Waals surface area contributed by atoms with Gasteiger partial charge in [0, 0.05) is 29.8 Å². The standard InChI is InChI=1S/C23H24N2O4/c26-22(24-17-8-10-19-20(14-17)29-12-4-11-28-19)21-16-7-9-18(13-16)25(21)23(27)15-5-2-1-3-6-15/h1-3,5-6,8,10,14,16,18,21H,4,7,9,11-13H2,(H,24,26)/t16-,18-,21-/m0/s1. The average Bonchev–Trinajstić information content (AvgIpc) is 3.28. The van der Waals surface area contributed by atoms with Gasteiger partial charge in [-0.1, -0.05) is 18.2 Å². The minimum Gasteiger partial charge on any atom is -0.490 e. The highest BCUT2D eigenvalue weighted by Crippen LogP contribution is 2.43. The molecule has 6 heteroatoms. The minimum atomic E-state index is -0.433. The highest BCUT2D eigenvalue weighted by atomic mass is 16.5. The Labute approximate surface area is 169 Å². The van der Waals surface area contributed by atoms with E-state index in [9.17, 15) is 9.59 Å². The van der Waals surface area contributed by atoms with Crippen molar-refractivity contribution in [2.75, 3.05) is 18.5 Å². The zero-order valence-electron chi connectivity index (χ0n) is 16.2. The van der Waals surface area contributed by atoms with Gasteiger partial charge in [0.05, 0.1) is 13.2 Å². The number of nitrogens with zero attached hydrogens (tertiary/aromatic N) is 1. The van der Waals surface area contributed by atoms with Crippen LogP contribution >= 0.6 is 0 Å². The number of hydrogen-bond acceptors (Lipinski definition) is 4. The normalized spacial score (nSPS) is 24.8. The number of fused-ring (bicyclic) bond motifs is 3. The Morgan fingerprint density at radius 3 is 2.59 bits per heavy atom. The molecule has 1 saturated carbocycles. The van der Waals surface area contributed by atoms with Gasteiger partial charge in [0.1, 0.15) is 6.04 Å². The minimum absolute atomic E-state index is 0.0587. The SMILES string of the molecule is O=C(Nc1ccc2c(c1)OCCCO2)[C@@H]1[C@H]2CC[C@@H](C2)N1C(=O)c1ccccc1. The van der Waals surface area contributed by atoms with Gasteiger partial charge < -0.3 is 19.7 Å². The summed E-state index contributed by atoms with van der Waals surface area (Å²) in [5, 5.41) is 3.01. The number of nitrogens with one attached hydrogen (secondary N) is 1. The lowest BCUT2D eigenvalue weighted by molar-refractivity contribution is -0.121. The lowest BCUT2D eigenvalue weighted by Gasteiger charge is -2.34. The van der Waals surface area contributed by atoms with Crippen LogP contribution in [0.1, 0.15) is 36.0 Å². The highest BCUT2D eigenvalue weighted by molar-refractivity contribution is 6.02. The second kappa shape index (κ2) is 7.43. The van der Waals surface area contributed by atoms with Crippen molar-refractivity contribution in [3.8, 4) is 11.5 Å². The van der Waals surface area contributed by atoms with Gasteiger partial charge in [0.2, 0.25) is 5.91 Å². The van der Waals surface area contributed by atoms with Gasteiger partial charge in [-0.15, -0.1) is 0 Å². The Hall–Kier alpha value is -3.02. The maximum absolute atomic E-state index is 13.2. The van der Waals surface area contributed by atoms with Crippen LogP contribution in [0.4, 0.5) is 5.69 Å². The van der Waals surface area contributed by atoms with Crippen molar-refractivity contribution >= 4 is 17.5 Å². The number of carbonyl (C=O) groups is 2. The summed E-state index contributed by atoms with van der Waals surface area (Å²) in [6.07, 6.45) is 3.69. The van der Waals surface area contributed by atoms with Crippen LogP contribution < -0.4 is 14.8 Å². The molecule has 29 heavy (non-hydrogen) atoms. The van der Waals surface area contributed by atoms with Crippen LogP contribution in [0.25, 0.3) is 0 Å². The molecule has 2 aromatic rings. The number of ether oxygens (including phenoxy) is 2. The number of rotatable bonds is 3. The van der Waals surface area contributed by atoms with E-state index in [0.717, 1.165) is 25.7 Å². The molecule has 3 aliphatic rings. The monoisotopic (exact) mass is 392 g/mol. The maximum atomic E-state index is 13.2. The Balaban J connectivity index is 1.37. The summed E-state index contributed by atoms with van der Waals surface area (Å²) < 4.78 is 11.4. The van der Waals surface area contributed by atoms with Crippen LogP contribution in [-0.4, -0.2) is 42.0 Å². The first-order chi connectivity index (χ1) is 14.2. The maximum Gasteiger partial charge on any atom is 0.254 e. The van der Waals surface area contributed by atoms with Crippen LogP contribution in [0.2, 0.25) is 0 Å². The van der Waals surface area contributed by atoms with E-state index in [-0.39, 0.29) is 23.8 Å². The van der Waals surface area contributed by atoms with Crippen molar-refractivity contribution in [1.29, 1.82) is 0 Å². The van der Waals surface area contributed by atoms with Gasteiger partial charge in [0.25, 0.3) is 5.91 Å². The van der Waals surface area contributed by atoms with E-state index in [1.165, 1.54) is 0 Å². The zero-order chi connectivity index (χ0) is 19.8. The molecule has 0 spiro atoms. The van der Waals surface area contributed by atoms with Gasteiger partial charge in [-0.25, -0.2) is 0 Å². The van der Waals surface area contributed by atoms with E-state index in [2.05, 4.69) is 5.32 Å². The average molecular weight is 392 g/mol. The number of amides is 2. The van der Waals surface area contributed by atoms with Crippen LogP contribution in [0.15, 0.2) is 48.5 Å². The molecule has 2 aliphatic heterocycles. The first-order valence-electron chi connectivity index (χ1n) is 10.3. The predicted octanol–water partition coefficient (Wildman–Crippen LogP) is 3.48. The van der Waals surface area contributed by atoms with E-state index >= 15 is 0 Å². The third-order valence-corrected chi connectivity index (χ3v) is 6.12. The van der Waals surface area contributed by atoms with Crippen molar-refractivity contribution in [2.24, 2.45) is 5.92 Å². The van der Waals surface area contributed by atoms with Crippen molar-refractivity contribution in [3.05, 3.63) is 54.1 Å². The molecular weight excluding hydrogens is 368 g/mol. The van der Waals surface area contributed by atoms with E-state index in [1.807, 2.05) is 47.4 Å². The van der Waals surface area contributed by atoms with Gasteiger partial charge in [-0.05, 0) is 49.4 Å². The molecule has 150 valence electrons. The van der Waals surface area contributed by atoms with Gasteiger partial charge >= 0.3 is 0 Å². The molecule has 3 atom stereocenters. The molecule has 2 aromatic carbocycles. The molecule has 1 aliphatic carbocycles. The molecular formula is C23H24N2O4. The summed E-state index contributed by atoms with van der Waals surface area (Å²) in [5.74, 6) is 1.37. The molecule has 0 radical (unpaired) electrons. The summed E-state index contributed by atoms with van der Waals surface area (Å²) >= 11 is 0. The summed E-state index contributed by atoms with van der Waals surface area (Å²) in [6.45, 7) is 1.22. The lowest BCUT2D eigenvalue weighted by atomic mass is 9.97. The van der Waals surface area contributed by atoms with Crippen LogP contribution in [0.5, 0.6) is 11.5 Å². The Bertz CT molecular complexity index is 930. The van der Waals surface area contributed by atoms with Crippen molar-refractivity contribution in [2.45, 2.75) is 37.8 Å². The van der Waals surface area contributed by atoms with Gasteiger partial charge in [0.15, 0.2) is 11.5 Å². The van der Waals surface area contributed by atoms with Gasteiger partial charge in [-0.2, -0.15) is 0 Å². The lowest BCUT2D eigenvalue weighted by Crippen LogP contribution is -2.50. The third kappa shape index (κ3) is 3.33. The fraction of sp³-hybridized carbons (Fsp3) is 0.391. The number of hydrogen-bond donors (Lipinski definition) is 1. The van der Waals surface area contributed by atoms with E-state index in [0.29, 0.717) is 36.0 Å². The van der Waals surface area contributed by atoms with Gasteiger partial charge in [-0.3, -0.25) is 9.59 Å². The molecule has 6 nitrogen and oxygen atoms in total. The molecule has 2 amide bonds. The second-order valence-electron chi connectivity index (χ2n) is 7.95. The first-order valence-corrected chi connectivity index (χ1v) is 10.3. The number of likely N-dealkylation sites (tertiary alicyclic amines) is 1. The topological polar surface area (TPSA) is 67.9 Å². The van der Waals surface area contributed by atoms with Crippen LogP contribution in [-0.2, 0) is 4.79 Å². The molecule has 0 unspecified atom stereocenters. The molecule has 2 bridgehead atoms. The number of carbonyl (C=O) groups excluding carboxylic acids is 2. The highest BCUT2D eigenvalue weighted by Gasteiger charge is 2.51. The van der Waals surface area contributed by atoms with E-state index in [1.54, 1.807) is 6.07 Å². The van der Waals surface area contributed by atoms with Crippen molar-refractivity contribution in [1.82, 2.24) is 4.90 Å². The molecule has 2 fully saturated rings. The molecule has 5 rings (SSSR count). The quantitative estimate of drug-likeness (QED) is 0.868. The molecule has 1 N–H and O–H groups in total. The summed E-state index contributed by atoms with van der Waals surface area (Å²) in [6, 6.07) is 14.4. The summed E-state index contributed by atoms with van der Waals surface area (Å²) in [4.78, 5) is 28.2. The van der Waals surface area contributed by atoms with Crippen molar-refractivity contribution in [3.63, 3.8) is 0 Å². The predicted molar refractivity (Wildman–Crippen MR) is 108 cm³/mol. The Morgan fingerprint density at radius 1 is 0.966 bits per heavy atom. The fourth-order valence-electron chi connectivity index (χ4n) is 4.80. The fourth-order valence-corrected chi connectivity index (χ4v) is 4.80. The zero-order valence-corrected chi connectivity index (χ0v) is 16.2. The Kier molecular flexibility index (Phi) is 4.62. The number of benzene rings is 2. The first kappa shape index (κ1) is 18.0. The van der Waals surface area contributed by atoms with Crippen LogP contribution in [0, 0.1) is 5.92 Å². The second-order valence-corrected chi connectivity index (χ2v) is 7.95. The largest absolute Gasteiger partial charge is 0.490 e. The number of anilines is 1. The Morgan fingerprint density at radius 2 is 1.76 bits per heavy atom. The molecule has 1 saturated heterocycles. The molecule has 2 heterocycles. The van der Waals surface area contributed by atoms with E-state index < -0.39 is 6.04 Å².